The Morgan fingerprint density at radius 1 is 1.47 bits per heavy atom. The van der Waals surface area contributed by atoms with E-state index in [2.05, 4.69) is 35.8 Å². The molecule has 4 nitrogen and oxygen atoms in total. The number of hydrogen-bond acceptors (Lipinski definition) is 4. The number of fused-ring (bicyclic) bond motifs is 1. The Balaban J connectivity index is 2.48. The summed E-state index contributed by atoms with van der Waals surface area (Å²) in [6.07, 6.45) is 2.53. The molecule has 0 spiro atoms. The van der Waals surface area contributed by atoms with Crippen molar-refractivity contribution in [2.75, 3.05) is 19.3 Å². The third-order valence-electron chi connectivity index (χ3n) is 3.11. The number of likely N-dealkylation sites (N-methyl/N-ethyl adjacent to an activating group) is 1. The largest absolute Gasteiger partial charge is 0.383 e. The Hall–Kier alpha value is -1.16. The number of nitrogen functional groups attached to an aromatic ring is 1. The average molecular weight is 206 g/mol. The molecule has 0 aliphatic carbocycles. The van der Waals surface area contributed by atoms with Crippen molar-refractivity contribution < 1.29 is 0 Å². The number of nitrogens with two attached hydrogens (primary N) is 1. The summed E-state index contributed by atoms with van der Waals surface area (Å²) in [5, 5.41) is 0. The predicted octanol–water partition coefficient (Wildman–Crippen LogP) is 1.24. The number of aromatic nitrogens is 2. The summed E-state index contributed by atoms with van der Waals surface area (Å²) >= 11 is 0. The second kappa shape index (κ2) is 3.77. The van der Waals surface area contributed by atoms with Gasteiger partial charge in [0.15, 0.2) is 0 Å². The molecule has 2 rings (SSSR count). The van der Waals surface area contributed by atoms with Crippen LogP contribution in [0.2, 0.25) is 0 Å². The number of rotatable bonds is 1. The molecule has 1 aromatic heterocycles. The third kappa shape index (κ3) is 1.69. The van der Waals surface area contributed by atoms with E-state index in [9.17, 15) is 0 Å². The average Bonchev–Trinajstić information content (AvgIpc) is 2.17. The highest BCUT2D eigenvalue weighted by Crippen LogP contribution is 2.33. The molecule has 2 N–H and O–H groups in total. The van der Waals surface area contributed by atoms with Gasteiger partial charge in [0.1, 0.15) is 12.1 Å². The van der Waals surface area contributed by atoms with Crippen LogP contribution < -0.4 is 5.73 Å². The van der Waals surface area contributed by atoms with Crippen molar-refractivity contribution in [3.8, 4) is 0 Å². The second-order valence-electron chi connectivity index (χ2n) is 4.54. The van der Waals surface area contributed by atoms with Crippen molar-refractivity contribution in [2.24, 2.45) is 5.92 Å². The summed E-state index contributed by atoms with van der Waals surface area (Å²) in [6, 6.07) is 0.374. The Bertz CT molecular complexity index is 362. The normalized spacial score (nSPS) is 21.7. The fourth-order valence-electron chi connectivity index (χ4n) is 2.41. The van der Waals surface area contributed by atoms with E-state index in [1.54, 1.807) is 6.33 Å². The van der Waals surface area contributed by atoms with Crippen LogP contribution in [0.4, 0.5) is 5.82 Å². The topological polar surface area (TPSA) is 55.0 Å². The van der Waals surface area contributed by atoms with Gasteiger partial charge in [0.25, 0.3) is 0 Å². The van der Waals surface area contributed by atoms with Gasteiger partial charge in [0.2, 0.25) is 0 Å². The van der Waals surface area contributed by atoms with E-state index in [1.165, 1.54) is 0 Å². The lowest BCUT2D eigenvalue weighted by molar-refractivity contribution is 0.176. The zero-order valence-corrected chi connectivity index (χ0v) is 9.57. The zero-order valence-electron chi connectivity index (χ0n) is 9.57. The third-order valence-corrected chi connectivity index (χ3v) is 3.11. The molecule has 82 valence electrons. The van der Waals surface area contributed by atoms with Gasteiger partial charge in [-0.3, -0.25) is 4.90 Å². The molecule has 0 bridgehead atoms. The first-order valence-corrected chi connectivity index (χ1v) is 5.40. The van der Waals surface area contributed by atoms with Gasteiger partial charge >= 0.3 is 0 Å². The van der Waals surface area contributed by atoms with Crippen LogP contribution in [0.5, 0.6) is 0 Å². The van der Waals surface area contributed by atoms with E-state index in [0.717, 1.165) is 24.2 Å². The molecule has 1 aliphatic rings. The van der Waals surface area contributed by atoms with Gasteiger partial charge < -0.3 is 5.73 Å². The highest BCUT2D eigenvalue weighted by atomic mass is 15.2. The molecular weight excluding hydrogens is 188 g/mol. The number of nitrogens with zero attached hydrogens (tertiary/aromatic N) is 3. The summed E-state index contributed by atoms with van der Waals surface area (Å²) in [5.41, 5.74) is 8.14. The monoisotopic (exact) mass is 206 g/mol. The fourth-order valence-corrected chi connectivity index (χ4v) is 2.41. The van der Waals surface area contributed by atoms with Gasteiger partial charge in [-0.15, -0.1) is 0 Å². The molecule has 0 amide bonds. The maximum absolute atomic E-state index is 5.88. The fraction of sp³-hybridized carbons (Fsp3) is 0.636. The lowest BCUT2D eigenvalue weighted by atomic mass is 9.91. The van der Waals surface area contributed by atoms with Crippen LogP contribution >= 0.6 is 0 Å². The Morgan fingerprint density at radius 2 is 2.20 bits per heavy atom. The molecule has 0 saturated heterocycles. The smallest absolute Gasteiger partial charge is 0.130 e. The standard InChI is InChI=1S/C11H18N4/c1-7(2)10-9-8(4-5-15(10)3)11(12)14-6-13-9/h6-7,10H,4-5H2,1-3H3,(H2,12,13,14). The molecule has 0 radical (unpaired) electrons. The molecule has 4 heteroatoms. The highest BCUT2D eigenvalue weighted by molar-refractivity contribution is 5.44. The van der Waals surface area contributed by atoms with E-state index >= 15 is 0 Å². The lowest BCUT2D eigenvalue weighted by Crippen LogP contribution is -2.36. The maximum atomic E-state index is 5.88. The molecule has 2 heterocycles. The number of anilines is 1. The summed E-state index contributed by atoms with van der Waals surface area (Å²) < 4.78 is 0. The van der Waals surface area contributed by atoms with Gasteiger partial charge in [-0.25, -0.2) is 9.97 Å². The van der Waals surface area contributed by atoms with Gasteiger partial charge in [-0.05, 0) is 19.4 Å². The predicted molar refractivity (Wildman–Crippen MR) is 60.4 cm³/mol. The van der Waals surface area contributed by atoms with Crippen molar-refractivity contribution in [1.29, 1.82) is 0 Å². The van der Waals surface area contributed by atoms with Crippen molar-refractivity contribution in [1.82, 2.24) is 14.9 Å². The second-order valence-corrected chi connectivity index (χ2v) is 4.54. The summed E-state index contributed by atoms with van der Waals surface area (Å²) in [6.45, 7) is 5.47. The zero-order chi connectivity index (χ0) is 11.0. The van der Waals surface area contributed by atoms with Gasteiger partial charge in [0, 0.05) is 12.1 Å². The van der Waals surface area contributed by atoms with E-state index in [1.807, 2.05) is 0 Å². The van der Waals surface area contributed by atoms with Crippen LogP contribution in [0, 0.1) is 5.92 Å². The Morgan fingerprint density at radius 3 is 2.87 bits per heavy atom. The summed E-state index contributed by atoms with van der Waals surface area (Å²) in [4.78, 5) is 10.8. The van der Waals surface area contributed by atoms with Crippen molar-refractivity contribution in [3.05, 3.63) is 17.6 Å². The van der Waals surface area contributed by atoms with Gasteiger partial charge in [-0.1, -0.05) is 13.8 Å². The van der Waals surface area contributed by atoms with Gasteiger partial charge in [-0.2, -0.15) is 0 Å². The van der Waals surface area contributed by atoms with E-state index in [0.29, 0.717) is 17.8 Å². The Labute approximate surface area is 90.5 Å². The van der Waals surface area contributed by atoms with Crippen molar-refractivity contribution in [2.45, 2.75) is 26.3 Å². The quantitative estimate of drug-likeness (QED) is 0.751. The minimum atomic E-state index is 0.374. The lowest BCUT2D eigenvalue weighted by Gasteiger charge is -2.36. The summed E-state index contributed by atoms with van der Waals surface area (Å²) in [5.74, 6) is 1.20. The molecule has 0 aromatic carbocycles. The van der Waals surface area contributed by atoms with E-state index in [4.69, 9.17) is 5.73 Å². The van der Waals surface area contributed by atoms with Crippen LogP contribution in [0.15, 0.2) is 6.33 Å². The SMILES string of the molecule is CC(C)C1c2ncnc(N)c2CCN1C. The van der Waals surface area contributed by atoms with Crippen LogP contribution in [-0.2, 0) is 6.42 Å². The molecule has 0 fully saturated rings. The molecule has 1 aromatic rings. The molecule has 1 aliphatic heterocycles. The summed E-state index contributed by atoms with van der Waals surface area (Å²) in [7, 11) is 2.14. The van der Waals surface area contributed by atoms with Crippen LogP contribution in [0.1, 0.15) is 31.1 Å². The molecule has 1 unspecified atom stereocenters. The first kappa shape index (κ1) is 10.4. The van der Waals surface area contributed by atoms with Crippen LogP contribution in [-0.4, -0.2) is 28.5 Å². The first-order chi connectivity index (χ1) is 7.11. The minimum Gasteiger partial charge on any atom is -0.383 e. The van der Waals surface area contributed by atoms with E-state index < -0.39 is 0 Å². The van der Waals surface area contributed by atoms with Crippen molar-refractivity contribution >= 4 is 5.82 Å². The Kier molecular flexibility index (Phi) is 2.61. The van der Waals surface area contributed by atoms with E-state index in [-0.39, 0.29) is 0 Å². The first-order valence-electron chi connectivity index (χ1n) is 5.40. The highest BCUT2D eigenvalue weighted by Gasteiger charge is 2.29. The maximum Gasteiger partial charge on any atom is 0.130 e. The molecule has 15 heavy (non-hydrogen) atoms. The van der Waals surface area contributed by atoms with Crippen LogP contribution in [0.25, 0.3) is 0 Å². The molecular formula is C11H18N4. The number of hydrogen-bond donors (Lipinski definition) is 1. The minimum absolute atomic E-state index is 0.374. The van der Waals surface area contributed by atoms with Crippen molar-refractivity contribution in [3.63, 3.8) is 0 Å². The molecule has 1 atom stereocenters. The van der Waals surface area contributed by atoms with Gasteiger partial charge in [0.05, 0.1) is 11.7 Å². The van der Waals surface area contributed by atoms with Crippen LogP contribution in [0.3, 0.4) is 0 Å². The molecule has 0 saturated carbocycles.